The molecule has 0 radical (unpaired) electrons. The van der Waals surface area contributed by atoms with E-state index in [4.69, 9.17) is 4.42 Å². The summed E-state index contributed by atoms with van der Waals surface area (Å²) in [5, 5.41) is 3.07. The molecule has 0 spiro atoms. The Kier molecular flexibility index (Phi) is 5.47. The van der Waals surface area contributed by atoms with Crippen molar-refractivity contribution in [2.75, 3.05) is 19.6 Å². The third-order valence-corrected chi connectivity index (χ3v) is 4.37. The van der Waals surface area contributed by atoms with Gasteiger partial charge in [0.2, 0.25) is 5.91 Å². The molecule has 1 amide bonds. The average molecular weight is 316 g/mol. The molecule has 0 aromatic carbocycles. The van der Waals surface area contributed by atoms with Gasteiger partial charge in [-0.15, -0.1) is 0 Å². The van der Waals surface area contributed by atoms with Gasteiger partial charge in [-0.25, -0.2) is 4.98 Å². The van der Waals surface area contributed by atoms with Gasteiger partial charge in [-0.05, 0) is 44.5 Å². The largest absolute Gasteiger partial charge is 0.468 e. The highest BCUT2D eigenvalue weighted by Gasteiger charge is 2.24. The summed E-state index contributed by atoms with van der Waals surface area (Å²) in [5.41, 5.74) is 0. The fourth-order valence-corrected chi connectivity index (χ4v) is 3.01. The van der Waals surface area contributed by atoms with Gasteiger partial charge < -0.3 is 14.3 Å². The first-order valence-electron chi connectivity index (χ1n) is 8.29. The number of nitrogens with zero attached hydrogens (tertiary/aromatic N) is 3. The van der Waals surface area contributed by atoms with E-state index in [-0.39, 0.29) is 11.8 Å². The number of amides is 1. The van der Waals surface area contributed by atoms with Gasteiger partial charge in [0.25, 0.3) is 0 Å². The van der Waals surface area contributed by atoms with Crippen LogP contribution in [0.2, 0.25) is 0 Å². The number of aryl methyl sites for hydroxylation is 1. The van der Waals surface area contributed by atoms with Crippen molar-refractivity contribution >= 4 is 5.91 Å². The average Bonchev–Trinajstić information content (AvgIpc) is 3.26. The Morgan fingerprint density at radius 2 is 2.26 bits per heavy atom. The van der Waals surface area contributed by atoms with Gasteiger partial charge in [0.1, 0.15) is 5.76 Å². The second-order valence-corrected chi connectivity index (χ2v) is 6.07. The first-order chi connectivity index (χ1) is 11.3. The molecule has 1 saturated heterocycles. The molecule has 23 heavy (non-hydrogen) atoms. The van der Waals surface area contributed by atoms with Crippen LogP contribution in [0.4, 0.5) is 0 Å². The molecule has 2 aromatic rings. The van der Waals surface area contributed by atoms with E-state index in [9.17, 15) is 4.79 Å². The van der Waals surface area contributed by atoms with Crippen molar-refractivity contribution in [3.05, 3.63) is 42.9 Å². The van der Waals surface area contributed by atoms with Crippen molar-refractivity contribution in [2.45, 2.75) is 32.4 Å². The summed E-state index contributed by atoms with van der Waals surface area (Å²) in [6.07, 6.45) is 10.0. The number of aromatic nitrogens is 2. The number of rotatable bonds is 7. The number of furan rings is 1. The van der Waals surface area contributed by atoms with Crippen molar-refractivity contribution < 1.29 is 9.21 Å². The van der Waals surface area contributed by atoms with Crippen molar-refractivity contribution in [3.8, 4) is 0 Å². The molecule has 0 atom stereocenters. The van der Waals surface area contributed by atoms with Crippen LogP contribution in [0.5, 0.6) is 0 Å². The van der Waals surface area contributed by atoms with E-state index in [1.165, 1.54) is 0 Å². The summed E-state index contributed by atoms with van der Waals surface area (Å²) >= 11 is 0. The second kappa shape index (κ2) is 7.97. The highest BCUT2D eigenvalue weighted by molar-refractivity contribution is 5.78. The van der Waals surface area contributed by atoms with E-state index in [1.807, 2.05) is 22.9 Å². The zero-order valence-electron chi connectivity index (χ0n) is 13.4. The molecule has 124 valence electrons. The lowest BCUT2D eigenvalue weighted by Gasteiger charge is -2.30. The molecule has 1 aliphatic rings. The van der Waals surface area contributed by atoms with Crippen molar-refractivity contribution in [1.82, 2.24) is 19.8 Å². The first kappa shape index (κ1) is 15.8. The molecule has 0 unspecified atom stereocenters. The van der Waals surface area contributed by atoms with Crippen LogP contribution < -0.4 is 5.32 Å². The smallest absolute Gasteiger partial charge is 0.223 e. The minimum Gasteiger partial charge on any atom is -0.468 e. The van der Waals surface area contributed by atoms with Gasteiger partial charge >= 0.3 is 0 Å². The number of piperidine rings is 1. The molecule has 1 aliphatic heterocycles. The predicted molar refractivity (Wildman–Crippen MR) is 86.6 cm³/mol. The fourth-order valence-electron chi connectivity index (χ4n) is 3.01. The topological polar surface area (TPSA) is 63.3 Å². The SMILES string of the molecule is O=C(NCCCn1ccnc1)C1CCN(Cc2ccco2)CC1. The molecule has 0 saturated carbocycles. The Hall–Kier alpha value is -2.08. The van der Waals surface area contributed by atoms with Crippen LogP contribution in [0.1, 0.15) is 25.0 Å². The van der Waals surface area contributed by atoms with E-state index in [0.29, 0.717) is 0 Å². The molecular weight excluding hydrogens is 292 g/mol. The van der Waals surface area contributed by atoms with Gasteiger partial charge in [0.15, 0.2) is 0 Å². The molecule has 6 nitrogen and oxygen atoms in total. The number of nitrogens with one attached hydrogen (secondary N) is 1. The number of hydrogen-bond donors (Lipinski definition) is 1. The van der Waals surface area contributed by atoms with Gasteiger partial charge in [0, 0.05) is 31.4 Å². The van der Waals surface area contributed by atoms with E-state index < -0.39 is 0 Å². The Balaban J connectivity index is 1.31. The molecule has 0 bridgehead atoms. The highest BCUT2D eigenvalue weighted by Crippen LogP contribution is 2.19. The fraction of sp³-hybridized carbons (Fsp3) is 0.529. The Morgan fingerprint density at radius 3 is 2.96 bits per heavy atom. The van der Waals surface area contributed by atoms with E-state index in [1.54, 1.807) is 18.8 Å². The Labute approximate surface area is 136 Å². The van der Waals surface area contributed by atoms with Gasteiger partial charge in [-0.3, -0.25) is 9.69 Å². The summed E-state index contributed by atoms with van der Waals surface area (Å²) in [4.78, 5) is 18.6. The molecule has 1 fully saturated rings. The summed E-state index contributed by atoms with van der Waals surface area (Å²) in [7, 11) is 0. The van der Waals surface area contributed by atoms with Crippen LogP contribution in [0.3, 0.4) is 0 Å². The first-order valence-corrected chi connectivity index (χ1v) is 8.29. The molecule has 6 heteroatoms. The van der Waals surface area contributed by atoms with E-state index in [2.05, 4.69) is 15.2 Å². The number of carbonyl (C=O) groups is 1. The summed E-state index contributed by atoms with van der Waals surface area (Å²) in [6.45, 7) is 4.36. The van der Waals surface area contributed by atoms with Crippen LogP contribution >= 0.6 is 0 Å². The van der Waals surface area contributed by atoms with Crippen LogP contribution in [-0.2, 0) is 17.9 Å². The lowest BCUT2D eigenvalue weighted by atomic mass is 9.96. The quantitative estimate of drug-likeness (QED) is 0.793. The highest BCUT2D eigenvalue weighted by atomic mass is 16.3. The minimum atomic E-state index is 0.149. The van der Waals surface area contributed by atoms with Crippen LogP contribution in [-0.4, -0.2) is 40.0 Å². The van der Waals surface area contributed by atoms with E-state index in [0.717, 1.165) is 57.7 Å². The van der Waals surface area contributed by atoms with Crippen molar-refractivity contribution in [2.24, 2.45) is 5.92 Å². The Bertz CT molecular complexity index is 572. The third-order valence-electron chi connectivity index (χ3n) is 4.37. The van der Waals surface area contributed by atoms with Crippen molar-refractivity contribution in [3.63, 3.8) is 0 Å². The monoisotopic (exact) mass is 316 g/mol. The zero-order chi connectivity index (χ0) is 15.9. The third kappa shape index (κ3) is 4.69. The Morgan fingerprint density at radius 1 is 1.39 bits per heavy atom. The van der Waals surface area contributed by atoms with Gasteiger partial charge in [-0.1, -0.05) is 0 Å². The number of hydrogen-bond acceptors (Lipinski definition) is 4. The van der Waals surface area contributed by atoms with Crippen LogP contribution in [0.25, 0.3) is 0 Å². The summed E-state index contributed by atoms with van der Waals surface area (Å²) in [5.74, 6) is 1.34. The molecule has 0 aliphatic carbocycles. The maximum absolute atomic E-state index is 12.2. The van der Waals surface area contributed by atoms with E-state index >= 15 is 0 Å². The normalized spacial score (nSPS) is 16.5. The van der Waals surface area contributed by atoms with Crippen LogP contribution in [0.15, 0.2) is 41.5 Å². The van der Waals surface area contributed by atoms with Gasteiger partial charge in [0.05, 0.1) is 19.1 Å². The number of imidazole rings is 1. The minimum absolute atomic E-state index is 0.149. The second-order valence-electron chi connectivity index (χ2n) is 6.07. The zero-order valence-corrected chi connectivity index (χ0v) is 13.4. The van der Waals surface area contributed by atoms with Crippen molar-refractivity contribution in [1.29, 1.82) is 0 Å². The molecular formula is C17H24N4O2. The predicted octanol–water partition coefficient (Wildman–Crippen LogP) is 1.89. The van der Waals surface area contributed by atoms with Gasteiger partial charge in [-0.2, -0.15) is 0 Å². The maximum Gasteiger partial charge on any atom is 0.223 e. The lowest BCUT2D eigenvalue weighted by Crippen LogP contribution is -2.40. The maximum atomic E-state index is 12.2. The van der Waals surface area contributed by atoms with Crippen LogP contribution in [0, 0.1) is 5.92 Å². The lowest BCUT2D eigenvalue weighted by molar-refractivity contribution is -0.126. The number of likely N-dealkylation sites (tertiary alicyclic amines) is 1. The number of carbonyl (C=O) groups excluding carboxylic acids is 1. The summed E-state index contributed by atoms with van der Waals surface area (Å²) in [6, 6.07) is 3.92. The summed E-state index contributed by atoms with van der Waals surface area (Å²) < 4.78 is 7.41. The molecule has 2 aromatic heterocycles. The molecule has 1 N–H and O–H groups in total. The molecule has 3 rings (SSSR count). The molecule has 3 heterocycles. The standard InChI is InChI=1S/C17H24N4O2/c22-17(19-6-2-8-21-11-7-18-14-21)15-4-9-20(10-5-15)13-16-3-1-12-23-16/h1,3,7,11-12,14-15H,2,4-6,8-10,13H2,(H,19,22).